The molecule has 104 valence electrons. The van der Waals surface area contributed by atoms with Crippen molar-refractivity contribution in [2.45, 2.75) is 18.9 Å². The second-order valence-corrected chi connectivity index (χ2v) is 4.05. The van der Waals surface area contributed by atoms with Crippen molar-refractivity contribution in [1.82, 2.24) is 5.32 Å². The first-order valence-electron chi connectivity index (χ1n) is 6.06. The lowest BCUT2D eigenvalue weighted by atomic mass is 10.3. The van der Waals surface area contributed by atoms with Crippen molar-refractivity contribution in [3.63, 3.8) is 0 Å². The van der Waals surface area contributed by atoms with Crippen LogP contribution in [-0.2, 0) is 4.79 Å². The standard InChI is InChI=1S/C14H18FNO3/c1-2-3-4-14(18)16-9-12(17)10-19-13-7-5-11(15)6-8-13/h2,5-8,12,17H,1,3-4,9-10H2,(H,16,18). The molecule has 1 rings (SSSR count). The van der Waals surface area contributed by atoms with Crippen LogP contribution in [0.5, 0.6) is 5.75 Å². The van der Waals surface area contributed by atoms with Crippen LogP contribution in [0.2, 0.25) is 0 Å². The zero-order chi connectivity index (χ0) is 14.1. The number of carbonyl (C=O) groups excluding carboxylic acids is 1. The van der Waals surface area contributed by atoms with Crippen molar-refractivity contribution < 1.29 is 19.0 Å². The fraction of sp³-hybridized carbons (Fsp3) is 0.357. The van der Waals surface area contributed by atoms with Crippen LogP contribution in [0.4, 0.5) is 4.39 Å². The summed E-state index contributed by atoms with van der Waals surface area (Å²) in [4.78, 5) is 11.3. The van der Waals surface area contributed by atoms with Crippen LogP contribution in [0.15, 0.2) is 36.9 Å². The molecule has 0 spiro atoms. The number of ether oxygens (including phenoxy) is 1. The van der Waals surface area contributed by atoms with Crippen LogP contribution in [-0.4, -0.2) is 30.3 Å². The molecule has 0 aromatic heterocycles. The molecule has 1 aromatic rings. The predicted octanol–water partition coefficient (Wildman–Crippen LogP) is 1.65. The topological polar surface area (TPSA) is 58.6 Å². The van der Waals surface area contributed by atoms with E-state index in [1.54, 1.807) is 6.08 Å². The molecule has 0 heterocycles. The van der Waals surface area contributed by atoms with E-state index in [-0.39, 0.29) is 24.9 Å². The van der Waals surface area contributed by atoms with Crippen LogP contribution in [0.25, 0.3) is 0 Å². The Morgan fingerprint density at radius 3 is 2.79 bits per heavy atom. The van der Waals surface area contributed by atoms with E-state index in [2.05, 4.69) is 11.9 Å². The Kier molecular flexibility index (Phi) is 6.60. The molecule has 2 N–H and O–H groups in total. The molecule has 1 aromatic carbocycles. The largest absolute Gasteiger partial charge is 0.491 e. The van der Waals surface area contributed by atoms with E-state index in [0.717, 1.165) is 0 Å². The number of rotatable bonds is 8. The molecule has 1 atom stereocenters. The summed E-state index contributed by atoms with van der Waals surface area (Å²) < 4.78 is 17.9. The second-order valence-electron chi connectivity index (χ2n) is 4.05. The van der Waals surface area contributed by atoms with Gasteiger partial charge in [0.15, 0.2) is 0 Å². The van der Waals surface area contributed by atoms with Crippen molar-refractivity contribution in [3.05, 3.63) is 42.7 Å². The van der Waals surface area contributed by atoms with E-state index in [1.807, 2.05) is 0 Å². The highest BCUT2D eigenvalue weighted by Gasteiger charge is 2.07. The number of halogens is 1. The number of hydrogen-bond acceptors (Lipinski definition) is 3. The van der Waals surface area contributed by atoms with E-state index >= 15 is 0 Å². The fourth-order valence-electron chi connectivity index (χ4n) is 1.34. The third-order valence-electron chi connectivity index (χ3n) is 2.37. The van der Waals surface area contributed by atoms with E-state index in [9.17, 15) is 14.3 Å². The summed E-state index contributed by atoms with van der Waals surface area (Å²) in [6.07, 6.45) is 1.81. The van der Waals surface area contributed by atoms with Gasteiger partial charge >= 0.3 is 0 Å². The van der Waals surface area contributed by atoms with Crippen molar-refractivity contribution >= 4 is 5.91 Å². The molecule has 0 saturated heterocycles. The molecule has 0 aliphatic heterocycles. The molecule has 1 amide bonds. The Labute approximate surface area is 111 Å². The Morgan fingerprint density at radius 1 is 1.47 bits per heavy atom. The molecule has 0 saturated carbocycles. The third-order valence-corrected chi connectivity index (χ3v) is 2.37. The molecule has 19 heavy (non-hydrogen) atoms. The highest BCUT2D eigenvalue weighted by molar-refractivity contribution is 5.75. The maximum Gasteiger partial charge on any atom is 0.220 e. The van der Waals surface area contributed by atoms with Crippen molar-refractivity contribution in [1.29, 1.82) is 0 Å². The highest BCUT2D eigenvalue weighted by Crippen LogP contribution is 2.11. The van der Waals surface area contributed by atoms with Gasteiger partial charge in [0, 0.05) is 13.0 Å². The number of hydrogen-bond donors (Lipinski definition) is 2. The first kappa shape index (κ1) is 15.2. The van der Waals surface area contributed by atoms with Gasteiger partial charge in [0.2, 0.25) is 5.91 Å². The van der Waals surface area contributed by atoms with Gasteiger partial charge in [-0.25, -0.2) is 4.39 Å². The summed E-state index contributed by atoms with van der Waals surface area (Å²) in [6.45, 7) is 3.68. The van der Waals surface area contributed by atoms with Gasteiger partial charge < -0.3 is 15.2 Å². The van der Waals surface area contributed by atoms with Gasteiger partial charge in [0.05, 0.1) is 0 Å². The summed E-state index contributed by atoms with van der Waals surface area (Å²) in [5, 5.41) is 12.2. The Bertz CT molecular complexity index is 406. The quantitative estimate of drug-likeness (QED) is 0.704. The fourth-order valence-corrected chi connectivity index (χ4v) is 1.34. The number of allylic oxidation sites excluding steroid dienone is 1. The van der Waals surface area contributed by atoms with Gasteiger partial charge in [0.25, 0.3) is 0 Å². The van der Waals surface area contributed by atoms with E-state index in [0.29, 0.717) is 18.6 Å². The lowest BCUT2D eigenvalue weighted by molar-refractivity contribution is -0.121. The predicted molar refractivity (Wildman–Crippen MR) is 70.3 cm³/mol. The number of nitrogens with one attached hydrogen (secondary N) is 1. The maximum absolute atomic E-state index is 12.6. The molecule has 0 radical (unpaired) electrons. The minimum atomic E-state index is -0.808. The van der Waals surface area contributed by atoms with Gasteiger partial charge in [-0.1, -0.05) is 6.08 Å². The smallest absolute Gasteiger partial charge is 0.220 e. The molecular weight excluding hydrogens is 249 g/mol. The van der Waals surface area contributed by atoms with Crippen molar-refractivity contribution in [2.24, 2.45) is 0 Å². The number of aliphatic hydroxyl groups excluding tert-OH is 1. The minimum absolute atomic E-state index is 0.0351. The summed E-state index contributed by atoms with van der Waals surface area (Å²) in [6, 6.07) is 5.51. The first-order valence-corrected chi connectivity index (χ1v) is 6.06. The maximum atomic E-state index is 12.6. The highest BCUT2D eigenvalue weighted by atomic mass is 19.1. The molecule has 0 aliphatic rings. The molecule has 0 bridgehead atoms. The normalized spacial score (nSPS) is 11.7. The van der Waals surface area contributed by atoms with Gasteiger partial charge in [-0.3, -0.25) is 4.79 Å². The lowest BCUT2D eigenvalue weighted by Crippen LogP contribution is -2.35. The number of aliphatic hydroxyl groups is 1. The third kappa shape index (κ3) is 6.57. The average Bonchev–Trinajstić information content (AvgIpc) is 2.42. The first-order chi connectivity index (χ1) is 9.11. The number of amides is 1. The molecule has 4 nitrogen and oxygen atoms in total. The average molecular weight is 267 g/mol. The van der Waals surface area contributed by atoms with E-state index in [1.165, 1.54) is 24.3 Å². The molecule has 0 aliphatic carbocycles. The van der Waals surface area contributed by atoms with Crippen LogP contribution >= 0.6 is 0 Å². The molecule has 5 heteroatoms. The van der Waals surface area contributed by atoms with Gasteiger partial charge in [0.1, 0.15) is 24.3 Å². The molecule has 0 fully saturated rings. The minimum Gasteiger partial charge on any atom is -0.491 e. The summed E-state index contributed by atoms with van der Waals surface area (Å²) in [7, 11) is 0. The Balaban J connectivity index is 2.20. The lowest BCUT2D eigenvalue weighted by Gasteiger charge is -2.13. The van der Waals surface area contributed by atoms with Gasteiger partial charge in [-0.15, -0.1) is 6.58 Å². The SMILES string of the molecule is C=CCCC(=O)NCC(O)COc1ccc(F)cc1. The number of carbonyl (C=O) groups is 1. The number of benzene rings is 1. The zero-order valence-corrected chi connectivity index (χ0v) is 10.6. The summed E-state index contributed by atoms with van der Waals surface area (Å²) >= 11 is 0. The van der Waals surface area contributed by atoms with Crippen LogP contribution in [0, 0.1) is 5.82 Å². The zero-order valence-electron chi connectivity index (χ0n) is 10.6. The van der Waals surface area contributed by atoms with Gasteiger partial charge in [-0.2, -0.15) is 0 Å². The Morgan fingerprint density at radius 2 is 2.16 bits per heavy atom. The van der Waals surface area contributed by atoms with Crippen LogP contribution in [0.1, 0.15) is 12.8 Å². The van der Waals surface area contributed by atoms with Crippen molar-refractivity contribution in [3.8, 4) is 5.75 Å². The van der Waals surface area contributed by atoms with E-state index in [4.69, 9.17) is 4.74 Å². The molecular formula is C14H18FNO3. The summed E-state index contributed by atoms with van der Waals surface area (Å²) in [5.74, 6) is -0.0125. The van der Waals surface area contributed by atoms with Crippen LogP contribution in [0.3, 0.4) is 0 Å². The monoisotopic (exact) mass is 267 g/mol. The molecule has 1 unspecified atom stereocenters. The van der Waals surface area contributed by atoms with Crippen molar-refractivity contribution in [2.75, 3.05) is 13.2 Å². The van der Waals surface area contributed by atoms with E-state index < -0.39 is 6.10 Å². The summed E-state index contributed by atoms with van der Waals surface area (Å²) in [5.41, 5.74) is 0. The Hall–Kier alpha value is -1.88. The second kappa shape index (κ2) is 8.26. The van der Waals surface area contributed by atoms with Gasteiger partial charge in [-0.05, 0) is 30.7 Å². The van der Waals surface area contributed by atoms with Crippen LogP contribution < -0.4 is 10.1 Å².